The number of Topliss-reactive ketones (excluding diaryl/α,β-unsaturated/α-hetero) is 1. The van der Waals surface area contributed by atoms with Crippen LogP contribution in [0, 0.1) is 29.6 Å². The molecule has 344 valence electrons. The summed E-state index contributed by atoms with van der Waals surface area (Å²) in [6.45, 7) is 18.7. The number of ether oxygens (including phenoxy) is 6. The van der Waals surface area contributed by atoms with E-state index in [0.29, 0.717) is 18.6 Å². The average Bonchev–Trinajstić information content (AvgIpc) is 3.21. The number of methoxy groups -OCH3 is 2. The predicted molar refractivity (Wildman–Crippen MR) is 228 cm³/mol. The van der Waals surface area contributed by atoms with Gasteiger partial charge in [0.15, 0.2) is 12.6 Å². The van der Waals surface area contributed by atoms with E-state index in [2.05, 4.69) is 5.16 Å². The number of hydrogen-bond donors (Lipinski definition) is 4. The van der Waals surface area contributed by atoms with Gasteiger partial charge in [-0.1, -0.05) is 76.5 Å². The maximum atomic E-state index is 14.7. The third kappa shape index (κ3) is 11.3. The van der Waals surface area contributed by atoms with Gasteiger partial charge >= 0.3 is 0 Å². The van der Waals surface area contributed by atoms with Crippen LogP contribution in [0.15, 0.2) is 35.5 Å². The Kier molecular flexibility index (Phi) is 17.8. The number of likely N-dealkylation sites (N-methyl/N-ethyl adjacent to an activating group) is 1. The first-order valence-electron chi connectivity index (χ1n) is 22.0. The first-order valence-corrected chi connectivity index (χ1v) is 22.0. The Morgan fingerprint density at radius 2 is 1.50 bits per heavy atom. The maximum absolute atomic E-state index is 14.7. The Labute approximate surface area is 359 Å². The minimum Gasteiger partial charge on any atom is -0.391 e. The van der Waals surface area contributed by atoms with Crippen LogP contribution < -0.4 is 0 Å². The lowest BCUT2D eigenvalue weighted by molar-refractivity contribution is -0.318. The van der Waals surface area contributed by atoms with Gasteiger partial charge in [-0.2, -0.15) is 0 Å². The van der Waals surface area contributed by atoms with Crippen LogP contribution >= 0.6 is 0 Å². The lowest BCUT2D eigenvalue weighted by Gasteiger charge is -2.50. The van der Waals surface area contributed by atoms with Gasteiger partial charge in [-0.25, -0.2) is 0 Å². The molecule has 1 aromatic rings. The number of rotatable bonds is 11. The summed E-state index contributed by atoms with van der Waals surface area (Å²) in [4.78, 5) is 22.7. The van der Waals surface area contributed by atoms with Crippen LogP contribution in [0.25, 0.3) is 0 Å². The molecule has 1 aliphatic carbocycles. The third-order valence-electron chi connectivity index (χ3n) is 14.2. The Morgan fingerprint density at radius 1 is 0.867 bits per heavy atom. The van der Waals surface area contributed by atoms with Crippen molar-refractivity contribution in [1.82, 2.24) is 4.90 Å². The summed E-state index contributed by atoms with van der Waals surface area (Å²) in [5.41, 5.74) is -2.44. The minimum atomic E-state index is -1.70. The lowest BCUT2D eigenvalue weighted by Crippen LogP contribution is -2.61. The van der Waals surface area contributed by atoms with Crippen molar-refractivity contribution in [3.05, 3.63) is 35.9 Å². The highest BCUT2D eigenvalue weighted by atomic mass is 16.7. The first-order chi connectivity index (χ1) is 28.0. The predicted octanol–water partition coefficient (Wildman–Crippen LogP) is 5.11. The number of hydrogen-bond acceptors (Lipinski definition) is 14. The molecule has 3 fully saturated rings. The monoisotopic (exact) mass is 851 g/mol. The highest BCUT2D eigenvalue weighted by Crippen LogP contribution is 2.43. The van der Waals surface area contributed by atoms with Crippen molar-refractivity contribution in [3.63, 3.8) is 0 Å². The van der Waals surface area contributed by atoms with Crippen molar-refractivity contribution in [2.45, 2.75) is 186 Å². The molecule has 2 saturated heterocycles. The molecule has 4 rings (SSSR count). The van der Waals surface area contributed by atoms with Gasteiger partial charge in [0.1, 0.15) is 24.6 Å². The van der Waals surface area contributed by atoms with E-state index in [1.54, 1.807) is 34.8 Å². The van der Waals surface area contributed by atoms with Gasteiger partial charge in [-0.3, -0.25) is 4.79 Å². The highest BCUT2D eigenvalue weighted by molar-refractivity contribution is 5.89. The minimum absolute atomic E-state index is 0.0520. The number of carbonyl (C=O) groups excluding carboxylic acids is 1. The van der Waals surface area contributed by atoms with Gasteiger partial charge in [0, 0.05) is 56.8 Å². The molecule has 14 heteroatoms. The number of benzene rings is 1. The fraction of sp³-hybridized carbons (Fsp3) is 0.826. The molecule has 0 radical (unpaired) electrons. The second-order valence-electron chi connectivity index (χ2n) is 18.9. The SMILES string of the molecule is CC[C@H]1CC(=O)[C@H](C)[C@@H](O[C@H]2C[C@@](C)(OC)[C@@H](O)[C@H](C)O2)[C@H](C)[C@@H](O[C@@H]2O[C@H](C)C[C@H](N(C)C)[C@H]2O)[C@](C)(OC)C[C@@H](C)/C(=N\OCc2ccccc2)[C@H](C)[C@@H](O)[C@]1(C)O. The molecule has 60 heavy (non-hydrogen) atoms. The smallest absolute Gasteiger partial charge is 0.185 e. The number of aliphatic hydroxyl groups excluding tert-OH is 3. The molecule has 2 aliphatic heterocycles. The van der Waals surface area contributed by atoms with E-state index >= 15 is 0 Å². The molecule has 0 aromatic heterocycles. The Bertz CT molecular complexity index is 1530. The van der Waals surface area contributed by atoms with Gasteiger partial charge in [-0.05, 0) is 73.0 Å². The largest absolute Gasteiger partial charge is 0.391 e. The number of aliphatic hydroxyl groups is 4. The third-order valence-corrected chi connectivity index (χ3v) is 14.2. The number of oxime groups is 1. The molecule has 2 heterocycles. The number of carbonyl (C=O) groups is 1. The molecule has 14 nitrogen and oxygen atoms in total. The van der Waals surface area contributed by atoms with E-state index in [9.17, 15) is 25.2 Å². The fourth-order valence-electron chi connectivity index (χ4n) is 9.95. The topological polar surface area (TPSA) is 178 Å². The van der Waals surface area contributed by atoms with Crippen molar-refractivity contribution in [2.75, 3.05) is 28.3 Å². The molecular weight excluding hydrogens is 773 g/mol. The number of ketones is 1. The molecule has 0 unspecified atom stereocenters. The molecule has 1 saturated carbocycles. The second kappa shape index (κ2) is 21.1. The van der Waals surface area contributed by atoms with E-state index in [1.807, 2.05) is 90.9 Å². The summed E-state index contributed by atoms with van der Waals surface area (Å²) in [7, 11) is 6.97. The van der Waals surface area contributed by atoms with Crippen molar-refractivity contribution in [2.24, 2.45) is 34.7 Å². The van der Waals surface area contributed by atoms with Crippen LogP contribution in [-0.2, 0) is 44.7 Å². The summed E-state index contributed by atoms with van der Waals surface area (Å²) in [5.74, 6) is -3.33. The quantitative estimate of drug-likeness (QED) is 0.216. The van der Waals surface area contributed by atoms with E-state index < -0.39 is 95.6 Å². The zero-order valence-corrected chi connectivity index (χ0v) is 38.7. The van der Waals surface area contributed by atoms with Crippen molar-refractivity contribution < 1.29 is 58.5 Å². The summed E-state index contributed by atoms with van der Waals surface area (Å²) in [6.07, 6.45) is -6.46. The Morgan fingerprint density at radius 3 is 2.08 bits per heavy atom. The zero-order chi connectivity index (χ0) is 44.9. The van der Waals surface area contributed by atoms with Gasteiger partial charge in [0.25, 0.3) is 0 Å². The van der Waals surface area contributed by atoms with Crippen LogP contribution in [0.3, 0.4) is 0 Å². The maximum Gasteiger partial charge on any atom is 0.185 e. The van der Waals surface area contributed by atoms with Gasteiger partial charge in [0.2, 0.25) is 0 Å². The van der Waals surface area contributed by atoms with E-state index in [-0.39, 0.29) is 43.8 Å². The van der Waals surface area contributed by atoms with Crippen molar-refractivity contribution in [1.29, 1.82) is 0 Å². The molecule has 1 aromatic carbocycles. The van der Waals surface area contributed by atoms with E-state index in [4.69, 9.17) is 33.3 Å². The molecule has 0 amide bonds. The van der Waals surface area contributed by atoms with Crippen LogP contribution in [0.4, 0.5) is 0 Å². The van der Waals surface area contributed by atoms with E-state index in [0.717, 1.165) is 5.56 Å². The van der Waals surface area contributed by atoms with Crippen molar-refractivity contribution >= 4 is 11.5 Å². The molecule has 3 aliphatic rings. The van der Waals surface area contributed by atoms with Crippen LogP contribution in [-0.4, -0.2) is 143 Å². The molecule has 0 bridgehead atoms. The molecular formula is C46H78N2O12. The summed E-state index contributed by atoms with van der Waals surface area (Å²) >= 11 is 0. The van der Waals surface area contributed by atoms with Gasteiger partial charge < -0.3 is 58.6 Å². The van der Waals surface area contributed by atoms with E-state index in [1.165, 1.54) is 7.11 Å². The highest BCUT2D eigenvalue weighted by Gasteiger charge is 2.53. The summed E-state index contributed by atoms with van der Waals surface area (Å²) in [6, 6.07) is 9.38. The standard InChI is InChI=1S/C46H78N2O12/c1-15-33-22-35(49)28(4)39(59-36-24-44(8,54-13)41(52)31(7)58-36)30(6)42(60-43-38(50)34(48(11)12)21-27(3)57-43)45(9,55-14)23-26(2)37(29(5)40(51)46(33,10)53)47-56-25-32-19-17-16-18-20-32/h16-20,26-31,33-34,36,38-43,50-53H,15,21-25H2,1-14H3/b47-37+/t26-,27-,28+,29+,30+,31+,33+,34+,36+,38-,39-,40-,41+,42-,43+,44-,45-,46-/m1/s1. The summed E-state index contributed by atoms with van der Waals surface area (Å²) in [5, 5.41) is 51.9. The molecule has 4 N–H and O–H groups in total. The Hall–Kier alpha value is -2.08. The normalized spacial score (nSPS) is 44.8. The molecule has 0 spiro atoms. The van der Waals surface area contributed by atoms with Crippen molar-refractivity contribution in [3.8, 4) is 0 Å². The fourth-order valence-corrected chi connectivity index (χ4v) is 9.95. The van der Waals surface area contributed by atoms with Crippen LogP contribution in [0.2, 0.25) is 0 Å². The Balaban J connectivity index is 1.90. The van der Waals surface area contributed by atoms with Gasteiger partial charge in [-0.15, -0.1) is 0 Å². The number of nitrogens with zero attached hydrogens (tertiary/aromatic N) is 2. The average molecular weight is 851 g/mol. The van der Waals surface area contributed by atoms with Crippen LogP contribution in [0.1, 0.15) is 107 Å². The molecule has 18 atom stereocenters. The lowest BCUT2D eigenvalue weighted by atomic mass is 9.69. The van der Waals surface area contributed by atoms with Crippen LogP contribution in [0.5, 0.6) is 0 Å². The second-order valence-corrected chi connectivity index (χ2v) is 18.9. The summed E-state index contributed by atoms with van der Waals surface area (Å²) < 4.78 is 38.9. The van der Waals surface area contributed by atoms with Gasteiger partial charge in [0.05, 0.1) is 53.0 Å². The first kappa shape index (κ1) is 50.6. The zero-order valence-electron chi connectivity index (χ0n) is 38.7.